The predicted octanol–water partition coefficient (Wildman–Crippen LogP) is 6.36. The molecule has 0 radical (unpaired) electrons. The van der Waals surface area contributed by atoms with Gasteiger partial charge in [0.1, 0.15) is 23.7 Å². The number of Topliss-reactive ketones (excluding diaryl/α,β-unsaturated/α-hetero) is 1. The number of hydrogen-bond donors (Lipinski definition) is 0. The van der Waals surface area contributed by atoms with Crippen molar-refractivity contribution in [2.24, 2.45) is 28.6 Å². The van der Waals surface area contributed by atoms with Crippen molar-refractivity contribution in [1.82, 2.24) is 19.8 Å². The standard InChI is InChI=1S/C36H48FN5O3/c1-4-42(24(2)3)34(44)30-16-28(37)7-8-31(30)45-32-19-38-23-39-33(32)41-21-35(22-41)11-13-40(14-12-35)20-26-15-27-6-5-25(26)17-36(27)10-9-29(43)18-36/h7-8,16,19,23-27H,4-6,9-15,17-18,20-22H2,1-3H3/t25?,26-,27?,36?/m0/s1. The second-order valence-electron chi connectivity index (χ2n) is 15.1. The number of nitrogens with zero attached hydrogens (tertiary/aromatic N) is 5. The molecule has 2 bridgehead atoms. The second kappa shape index (κ2) is 11.9. The van der Waals surface area contributed by atoms with Crippen molar-refractivity contribution in [3.8, 4) is 11.5 Å². The summed E-state index contributed by atoms with van der Waals surface area (Å²) in [5, 5.41) is 0. The maximum atomic E-state index is 14.3. The quantitative estimate of drug-likeness (QED) is 0.341. The summed E-state index contributed by atoms with van der Waals surface area (Å²) in [6.07, 6.45) is 13.7. The fourth-order valence-electron chi connectivity index (χ4n) is 9.71. The first-order valence-corrected chi connectivity index (χ1v) is 17.2. The molecule has 45 heavy (non-hydrogen) atoms. The lowest BCUT2D eigenvalue weighted by molar-refractivity contribution is -0.120. The van der Waals surface area contributed by atoms with Crippen LogP contribution in [0.1, 0.15) is 88.9 Å². The van der Waals surface area contributed by atoms with Gasteiger partial charge in [0.05, 0.1) is 11.8 Å². The highest BCUT2D eigenvalue weighted by molar-refractivity contribution is 5.97. The van der Waals surface area contributed by atoms with Crippen LogP contribution in [0.15, 0.2) is 30.7 Å². The van der Waals surface area contributed by atoms with Gasteiger partial charge in [-0.2, -0.15) is 0 Å². The predicted molar refractivity (Wildman–Crippen MR) is 171 cm³/mol. The minimum atomic E-state index is -0.476. The number of likely N-dealkylation sites (tertiary alicyclic amines) is 1. The first-order valence-electron chi connectivity index (χ1n) is 17.2. The number of rotatable bonds is 8. The van der Waals surface area contributed by atoms with Crippen LogP contribution < -0.4 is 9.64 Å². The lowest BCUT2D eigenvalue weighted by Crippen LogP contribution is -2.61. The number of carbonyl (C=O) groups is 2. The number of piperidine rings is 1. The zero-order valence-corrected chi connectivity index (χ0v) is 27.1. The second-order valence-corrected chi connectivity index (χ2v) is 15.1. The van der Waals surface area contributed by atoms with E-state index in [1.165, 1.54) is 69.6 Å². The summed E-state index contributed by atoms with van der Waals surface area (Å²) in [7, 11) is 0. The number of fused-ring (bicyclic) bond motifs is 2. The molecule has 8 rings (SSSR count). The lowest BCUT2D eigenvalue weighted by Gasteiger charge is -2.56. The van der Waals surface area contributed by atoms with E-state index in [9.17, 15) is 14.0 Å². The average Bonchev–Trinajstić information content (AvgIpc) is 3.38. The molecule has 6 aliphatic rings. The summed E-state index contributed by atoms with van der Waals surface area (Å²) >= 11 is 0. The Hall–Kier alpha value is -3.07. The van der Waals surface area contributed by atoms with Gasteiger partial charge >= 0.3 is 0 Å². The number of carbonyl (C=O) groups excluding carboxylic acids is 2. The van der Waals surface area contributed by atoms with E-state index in [4.69, 9.17) is 4.74 Å². The van der Waals surface area contributed by atoms with Crippen LogP contribution >= 0.6 is 0 Å². The van der Waals surface area contributed by atoms with Crippen LogP contribution in [0.25, 0.3) is 0 Å². The third kappa shape index (κ3) is 5.74. The Morgan fingerprint density at radius 1 is 1.16 bits per heavy atom. The van der Waals surface area contributed by atoms with E-state index in [0.29, 0.717) is 29.2 Å². The summed E-state index contributed by atoms with van der Waals surface area (Å²) in [4.78, 5) is 41.0. The molecule has 3 heterocycles. The van der Waals surface area contributed by atoms with Crippen LogP contribution in [0.2, 0.25) is 0 Å². The summed E-state index contributed by atoms with van der Waals surface area (Å²) in [5.41, 5.74) is 0.846. The van der Waals surface area contributed by atoms with Gasteiger partial charge in [-0.3, -0.25) is 9.59 Å². The van der Waals surface area contributed by atoms with Crippen LogP contribution in [-0.2, 0) is 4.79 Å². The normalized spacial score (nSPS) is 29.0. The number of halogens is 1. The molecule has 2 saturated heterocycles. The molecular weight excluding hydrogens is 569 g/mol. The van der Waals surface area contributed by atoms with Gasteiger partial charge in [-0.25, -0.2) is 14.4 Å². The Morgan fingerprint density at radius 3 is 2.62 bits per heavy atom. The van der Waals surface area contributed by atoms with Crippen molar-refractivity contribution >= 4 is 17.5 Å². The van der Waals surface area contributed by atoms with Gasteiger partial charge in [0.25, 0.3) is 5.91 Å². The van der Waals surface area contributed by atoms with E-state index >= 15 is 0 Å². The molecule has 2 aromatic rings. The van der Waals surface area contributed by atoms with E-state index in [1.54, 1.807) is 11.1 Å². The van der Waals surface area contributed by atoms with Crippen molar-refractivity contribution in [1.29, 1.82) is 0 Å². The minimum Gasteiger partial charge on any atom is -0.451 e. The number of hydrogen-bond acceptors (Lipinski definition) is 7. The Bertz CT molecular complexity index is 1430. The molecule has 4 aliphatic carbocycles. The fourth-order valence-corrected chi connectivity index (χ4v) is 9.71. The molecule has 3 unspecified atom stereocenters. The lowest BCUT2D eigenvalue weighted by atomic mass is 9.52. The van der Waals surface area contributed by atoms with E-state index in [0.717, 1.165) is 69.0 Å². The van der Waals surface area contributed by atoms with Gasteiger partial charge in [0, 0.05) is 50.5 Å². The van der Waals surface area contributed by atoms with Gasteiger partial charge in [0.2, 0.25) is 0 Å². The van der Waals surface area contributed by atoms with Gasteiger partial charge < -0.3 is 19.4 Å². The number of ketones is 1. The molecule has 4 atom stereocenters. The first kappa shape index (κ1) is 30.6. The topological polar surface area (TPSA) is 78.9 Å². The Balaban J connectivity index is 0.965. The Labute approximate surface area is 266 Å². The Morgan fingerprint density at radius 2 is 1.96 bits per heavy atom. The van der Waals surface area contributed by atoms with Gasteiger partial charge in [-0.1, -0.05) is 0 Å². The van der Waals surface area contributed by atoms with E-state index in [-0.39, 0.29) is 22.9 Å². The van der Waals surface area contributed by atoms with Crippen LogP contribution in [0.4, 0.5) is 10.2 Å². The highest BCUT2D eigenvalue weighted by atomic mass is 19.1. The van der Waals surface area contributed by atoms with Gasteiger partial charge in [0.15, 0.2) is 11.6 Å². The molecule has 9 heteroatoms. The minimum absolute atomic E-state index is 0.0216. The number of ether oxygens (including phenoxy) is 1. The molecule has 2 spiro atoms. The van der Waals surface area contributed by atoms with Crippen molar-refractivity contribution in [3.05, 3.63) is 42.1 Å². The summed E-state index contributed by atoms with van der Waals surface area (Å²) in [5.74, 6) is 3.65. The number of amides is 1. The molecule has 6 fully saturated rings. The smallest absolute Gasteiger partial charge is 0.257 e. The first-order chi connectivity index (χ1) is 21.7. The molecule has 8 nitrogen and oxygen atoms in total. The highest BCUT2D eigenvalue weighted by Crippen LogP contribution is 2.61. The molecular formula is C36H48FN5O3. The Kier molecular flexibility index (Phi) is 8.11. The number of benzene rings is 1. The monoisotopic (exact) mass is 617 g/mol. The van der Waals surface area contributed by atoms with E-state index in [2.05, 4.69) is 19.8 Å². The van der Waals surface area contributed by atoms with Crippen LogP contribution in [0.3, 0.4) is 0 Å². The fraction of sp³-hybridized carbons (Fsp3) is 0.667. The van der Waals surface area contributed by atoms with Crippen molar-refractivity contribution < 1.29 is 18.7 Å². The van der Waals surface area contributed by atoms with Crippen molar-refractivity contribution in [2.75, 3.05) is 44.2 Å². The van der Waals surface area contributed by atoms with E-state index in [1.807, 2.05) is 20.8 Å². The maximum Gasteiger partial charge on any atom is 0.257 e. The molecule has 1 aromatic carbocycles. The molecule has 0 N–H and O–H groups in total. The van der Waals surface area contributed by atoms with Gasteiger partial charge in [-0.05, 0) is 120 Å². The molecule has 1 amide bonds. The summed E-state index contributed by atoms with van der Waals surface area (Å²) < 4.78 is 20.6. The molecule has 4 saturated carbocycles. The van der Waals surface area contributed by atoms with Crippen molar-refractivity contribution in [2.45, 2.75) is 84.6 Å². The van der Waals surface area contributed by atoms with Gasteiger partial charge in [-0.15, -0.1) is 0 Å². The summed E-state index contributed by atoms with van der Waals surface area (Å²) in [6, 6.07) is 4.07. The third-order valence-electron chi connectivity index (χ3n) is 12.2. The number of aromatic nitrogens is 2. The van der Waals surface area contributed by atoms with Crippen LogP contribution in [0, 0.1) is 34.4 Å². The van der Waals surface area contributed by atoms with E-state index < -0.39 is 5.82 Å². The largest absolute Gasteiger partial charge is 0.451 e. The van der Waals surface area contributed by atoms with Crippen LogP contribution in [0.5, 0.6) is 11.5 Å². The third-order valence-corrected chi connectivity index (χ3v) is 12.2. The summed E-state index contributed by atoms with van der Waals surface area (Å²) in [6.45, 7) is 11.7. The average molecular weight is 618 g/mol. The SMILES string of the molecule is CCN(C(=O)c1cc(F)ccc1Oc1cncnc1N1CC2(CCN(C[C@@H]3CC4CCC3CC43CCC(=O)C3)CC2)C1)C(C)C. The molecule has 2 aliphatic heterocycles. The van der Waals surface area contributed by atoms with Crippen molar-refractivity contribution in [3.63, 3.8) is 0 Å². The molecule has 1 aromatic heterocycles. The highest BCUT2D eigenvalue weighted by Gasteiger charge is 2.54. The van der Waals surface area contributed by atoms with Crippen LogP contribution in [-0.4, -0.2) is 76.8 Å². The zero-order valence-electron chi connectivity index (χ0n) is 27.1. The number of anilines is 1. The molecule has 242 valence electrons. The maximum absolute atomic E-state index is 14.3. The zero-order chi connectivity index (χ0) is 31.3.